The maximum Gasteiger partial charge on any atom is 0.488 e. The molecule has 0 saturated heterocycles. The van der Waals surface area contributed by atoms with E-state index in [1.807, 2.05) is 0 Å². The molecule has 0 aromatic heterocycles. The van der Waals surface area contributed by atoms with Crippen LogP contribution in [-0.2, 0) is 9.59 Å². The molecule has 0 saturated carbocycles. The summed E-state index contributed by atoms with van der Waals surface area (Å²) in [4.78, 5) is 35.4. The number of unbranched alkanes of at least 4 members (excludes halogenated alkanes) is 14. The number of carboxylic acid groups (broad SMARTS) is 1. The predicted octanol–water partition coefficient (Wildman–Crippen LogP) is 2.43. The minimum atomic E-state index is -1.78. The van der Waals surface area contributed by atoms with Crippen molar-refractivity contribution < 1.29 is 39.6 Å². The number of ketones is 1. The Hall–Kier alpha value is -2.24. The molecule has 43 heavy (non-hydrogen) atoms. The number of benzene rings is 1. The van der Waals surface area contributed by atoms with Crippen molar-refractivity contribution in [2.75, 3.05) is 13.6 Å². The molecule has 1 atom stereocenters. The van der Waals surface area contributed by atoms with Gasteiger partial charge in [0.15, 0.2) is 5.78 Å². The van der Waals surface area contributed by atoms with Gasteiger partial charge in [0.1, 0.15) is 6.04 Å². The molecule has 0 aliphatic heterocycles. The molecule has 1 amide bonds. The predicted molar refractivity (Wildman–Crippen MR) is 172 cm³/mol. The summed E-state index contributed by atoms with van der Waals surface area (Å²) in [5.74, 6) is -0.895. The van der Waals surface area contributed by atoms with E-state index in [4.69, 9.17) is 5.11 Å². The first-order valence-corrected chi connectivity index (χ1v) is 16.2. The van der Waals surface area contributed by atoms with E-state index in [0.29, 0.717) is 25.8 Å². The second-order valence-corrected chi connectivity index (χ2v) is 11.5. The Morgan fingerprint density at radius 1 is 0.651 bits per heavy atom. The van der Waals surface area contributed by atoms with E-state index in [2.05, 4.69) is 10.6 Å². The third-order valence-electron chi connectivity index (χ3n) is 7.84. The first-order valence-electron chi connectivity index (χ1n) is 16.2. The summed E-state index contributed by atoms with van der Waals surface area (Å²) in [5.41, 5.74) is 0.393. The zero-order chi connectivity index (χ0) is 31.9. The molecular formula is C31H54B2N2O8. The quantitative estimate of drug-likeness (QED) is 0.0452. The fraction of sp³-hybridized carbons (Fsp3) is 0.710. The Kier molecular flexibility index (Phi) is 21.8. The molecule has 0 aliphatic carbocycles. The van der Waals surface area contributed by atoms with Crippen molar-refractivity contribution in [1.29, 1.82) is 0 Å². The van der Waals surface area contributed by atoms with E-state index in [0.717, 1.165) is 57.8 Å². The Morgan fingerprint density at radius 2 is 1.09 bits per heavy atom. The summed E-state index contributed by atoms with van der Waals surface area (Å²) in [5, 5.41) is 52.2. The monoisotopic (exact) mass is 604 g/mol. The third-order valence-corrected chi connectivity index (χ3v) is 7.84. The number of likely N-dealkylation sites (N-methyl/N-ethyl adjacent to an activating group) is 1. The molecule has 10 nitrogen and oxygen atoms in total. The molecule has 1 aromatic rings. The van der Waals surface area contributed by atoms with Gasteiger partial charge in [-0.3, -0.25) is 14.4 Å². The van der Waals surface area contributed by atoms with Crippen molar-refractivity contribution in [2.24, 2.45) is 0 Å². The lowest BCUT2D eigenvalue weighted by Crippen LogP contribution is -2.39. The summed E-state index contributed by atoms with van der Waals surface area (Å²) < 4.78 is 0. The Morgan fingerprint density at radius 3 is 1.51 bits per heavy atom. The van der Waals surface area contributed by atoms with Crippen LogP contribution in [0.4, 0.5) is 0 Å². The van der Waals surface area contributed by atoms with E-state index in [-0.39, 0.29) is 28.2 Å². The molecule has 12 heteroatoms. The molecule has 1 rings (SSSR count). The van der Waals surface area contributed by atoms with Gasteiger partial charge in [-0.2, -0.15) is 0 Å². The van der Waals surface area contributed by atoms with Gasteiger partial charge in [0, 0.05) is 24.9 Å². The largest absolute Gasteiger partial charge is 0.488 e. The highest BCUT2D eigenvalue weighted by molar-refractivity contribution is 6.62. The Balaban J connectivity index is 1.92. The van der Waals surface area contributed by atoms with Gasteiger partial charge in [-0.15, -0.1) is 0 Å². The van der Waals surface area contributed by atoms with Crippen LogP contribution in [0.15, 0.2) is 18.2 Å². The lowest BCUT2D eigenvalue weighted by atomic mass is 9.71. The van der Waals surface area contributed by atoms with Crippen molar-refractivity contribution in [3.63, 3.8) is 0 Å². The minimum Gasteiger partial charge on any atom is -0.480 e. The molecule has 0 spiro atoms. The van der Waals surface area contributed by atoms with Gasteiger partial charge in [-0.1, -0.05) is 95.2 Å². The fourth-order valence-corrected chi connectivity index (χ4v) is 5.15. The maximum absolute atomic E-state index is 12.5. The number of carbonyl (C=O) groups is 3. The van der Waals surface area contributed by atoms with E-state index < -0.39 is 26.2 Å². The number of aliphatic carboxylic acids is 1. The van der Waals surface area contributed by atoms with Crippen LogP contribution in [0, 0.1) is 0 Å². The van der Waals surface area contributed by atoms with Crippen LogP contribution in [0.2, 0.25) is 0 Å². The summed E-state index contributed by atoms with van der Waals surface area (Å²) in [6.45, 7) is 0.603. The highest BCUT2D eigenvalue weighted by atomic mass is 16.4. The smallest absolute Gasteiger partial charge is 0.480 e. The average Bonchev–Trinajstić information content (AvgIpc) is 2.98. The van der Waals surface area contributed by atoms with Crippen LogP contribution in [0.5, 0.6) is 0 Å². The number of hydrogen-bond acceptors (Lipinski definition) is 8. The van der Waals surface area contributed by atoms with Crippen molar-refractivity contribution in [3.05, 3.63) is 23.8 Å². The molecular weight excluding hydrogens is 550 g/mol. The molecule has 0 aliphatic rings. The van der Waals surface area contributed by atoms with Crippen LogP contribution in [-0.4, -0.2) is 76.7 Å². The molecule has 0 bridgehead atoms. The van der Waals surface area contributed by atoms with E-state index in [9.17, 15) is 34.5 Å². The van der Waals surface area contributed by atoms with E-state index in [1.165, 1.54) is 63.1 Å². The molecule has 0 heterocycles. The Labute approximate surface area is 258 Å². The topological polar surface area (TPSA) is 176 Å². The molecule has 7 N–H and O–H groups in total. The van der Waals surface area contributed by atoms with Gasteiger partial charge < -0.3 is 35.8 Å². The zero-order valence-corrected chi connectivity index (χ0v) is 26.1. The van der Waals surface area contributed by atoms with Crippen LogP contribution >= 0.6 is 0 Å². The standard InChI is InChI=1S/C31H54B2N2O8/c1-34-28(31(38)39)18-16-17-21-35-30(37)20-15-13-11-9-7-5-3-2-4-6-8-10-12-14-19-29(36)25-22-26(32(40)41)24-27(23-25)33(42)43/h22-24,28,34,40-43H,2-21H2,1H3,(H,35,37)(H,38,39)/t28-/m0/s1. The second-order valence-electron chi connectivity index (χ2n) is 11.5. The highest BCUT2D eigenvalue weighted by Gasteiger charge is 2.20. The summed E-state index contributed by atoms with van der Waals surface area (Å²) in [7, 11) is -1.92. The van der Waals surface area contributed by atoms with Crippen molar-refractivity contribution in [3.8, 4) is 0 Å². The van der Waals surface area contributed by atoms with Gasteiger partial charge in [0.05, 0.1) is 0 Å². The van der Waals surface area contributed by atoms with Gasteiger partial charge >= 0.3 is 20.2 Å². The number of carbonyl (C=O) groups excluding carboxylic acids is 2. The van der Waals surface area contributed by atoms with Gasteiger partial charge in [-0.25, -0.2) is 0 Å². The maximum atomic E-state index is 12.5. The molecule has 1 aromatic carbocycles. The summed E-state index contributed by atoms with van der Waals surface area (Å²) in [6.07, 6.45) is 18.7. The fourth-order valence-electron chi connectivity index (χ4n) is 5.15. The lowest BCUT2D eigenvalue weighted by Gasteiger charge is -2.10. The van der Waals surface area contributed by atoms with Crippen LogP contribution in [0.25, 0.3) is 0 Å². The average molecular weight is 604 g/mol. The first kappa shape index (κ1) is 38.8. The number of nitrogens with one attached hydrogen (secondary N) is 2. The SMILES string of the molecule is CN[C@@H](CCCCNC(=O)CCCCCCCCCCCCCCCCC(=O)c1cc(B(O)O)cc(B(O)O)c1)C(=O)O. The second kappa shape index (κ2) is 24.1. The summed E-state index contributed by atoms with van der Waals surface area (Å²) >= 11 is 0. The van der Waals surface area contributed by atoms with Crippen molar-refractivity contribution in [2.45, 2.75) is 128 Å². The van der Waals surface area contributed by atoms with Gasteiger partial charge in [0.2, 0.25) is 5.91 Å². The minimum absolute atomic E-state index is 0.0650. The van der Waals surface area contributed by atoms with Crippen molar-refractivity contribution >= 4 is 42.8 Å². The Bertz CT molecular complexity index is 907. The molecule has 0 radical (unpaired) electrons. The molecule has 0 fully saturated rings. The number of rotatable bonds is 27. The van der Waals surface area contributed by atoms with E-state index in [1.54, 1.807) is 7.05 Å². The number of hydrogen-bond donors (Lipinski definition) is 7. The molecule has 0 unspecified atom stereocenters. The number of Topliss-reactive ketones (excluding diaryl/α,β-unsaturated/α-hetero) is 1. The number of amides is 1. The van der Waals surface area contributed by atoms with Crippen molar-refractivity contribution in [1.82, 2.24) is 10.6 Å². The van der Waals surface area contributed by atoms with Crippen LogP contribution in [0.3, 0.4) is 0 Å². The normalized spacial score (nSPS) is 11.7. The first-order chi connectivity index (χ1) is 20.6. The number of carboxylic acids is 1. The summed E-state index contributed by atoms with van der Waals surface area (Å²) in [6, 6.07) is 3.52. The highest BCUT2D eigenvalue weighted by Crippen LogP contribution is 2.14. The van der Waals surface area contributed by atoms with Crippen LogP contribution in [0.1, 0.15) is 132 Å². The lowest BCUT2D eigenvalue weighted by molar-refractivity contribution is -0.139. The van der Waals surface area contributed by atoms with Gasteiger partial charge in [-0.05, 0) is 50.1 Å². The van der Waals surface area contributed by atoms with Crippen LogP contribution < -0.4 is 21.6 Å². The zero-order valence-electron chi connectivity index (χ0n) is 26.1. The van der Waals surface area contributed by atoms with Gasteiger partial charge in [0.25, 0.3) is 0 Å². The molecule has 242 valence electrons. The van der Waals surface area contributed by atoms with E-state index >= 15 is 0 Å². The third kappa shape index (κ3) is 18.9.